The van der Waals surface area contributed by atoms with Gasteiger partial charge in [0.25, 0.3) is 11.8 Å². The number of carbonyl (C=O) groups excluding carboxylic acids is 3. The van der Waals surface area contributed by atoms with E-state index >= 15 is 0 Å². The number of para-hydroxylation sites is 1. The summed E-state index contributed by atoms with van der Waals surface area (Å²) < 4.78 is 29.1. The molecule has 1 aromatic carbocycles. The molecular weight excluding hydrogens is 508 g/mol. The number of aliphatic hydroxyl groups excluding tert-OH is 2. The van der Waals surface area contributed by atoms with Gasteiger partial charge in [0.2, 0.25) is 5.91 Å². The standard InChI is InChI=1S/C25H30N8O6/c1-26-25(38)21-18(10-20(30-31-21)29-23(36)13-7-8-13)28-16-6-4-5-15(22(16)39-3)17-9-19(33(2)32-17)24(37)27-14(11-34)12-35/h4-6,9-10,13-14,34-35H,7-8,11-12H2,1-3H3,(H,26,38)(H,27,37)(H2,28,29,30,36)/i1D3. The molecule has 14 nitrogen and oxygen atoms in total. The number of nitrogens with zero attached hydrogens (tertiary/aromatic N) is 4. The van der Waals surface area contributed by atoms with Crippen LogP contribution in [0.5, 0.6) is 5.75 Å². The highest BCUT2D eigenvalue weighted by Crippen LogP contribution is 2.38. The van der Waals surface area contributed by atoms with Gasteiger partial charge >= 0.3 is 0 Å². The lowest BCUT2D eigenvalue weighted by atomic mass is 10.1. The Morgan fingerprint density at radius 2 is 1.92 bits per heavy atom. The normalized spacial score (nSPS) is 14.1. The minimum atomic E-state index is -2.79. The monoisotopic (exact) mass is 541 g/mol. The summed E-state index contributed by atoms with van der Waals surface area (Å²) in [7, 11) is 2.96. The summed E-state index contributed by atoms with van der Waals surface area (Å²) in [5, 5.41) is 40.8. The number of carbonyl (C=O) groups is 3. The van der Waals surface area contributed by atoms with Gasteiger partial charge in [0.1, 0.15) is 5.69 Å². The maximum atomic E-state index is 12.8. The molecule has 3 aromatic rings. The van der Waals surface area contributed by atoms with E-state index in [1.807, 2.05) is 5.32 Å². The van der Waals surface area contributed by atoms with Gasteiger partial charge in [-0.3, -0.25) is 19.1 Å². The first-order valence-corrected chi connectivity index (χ1v) is 12.0. The lowest BCUT2D eigenvalue weighted by Crippen LogP contribution is -2.40. The van der Waals surface area contributed by atoms with Crippen molar-refractivity contribution in [1.82, 2.24) is 30.6 Å². The van der Waals surface area contributed by atoms with E-state index < -0.39 is 38.0 Å². The van der Waals surface area contributed by atoms with E-state index in [1.165, 1.54) is 23.9 Å². The molecule has 0 atom stereocenters. The molecule has 6 N–H and O–H groups in total. The molecule has 0 spiro atoms. The summed E-state index contributed by atoms with van der Waals surface area (Å²) in [6.45, 7) is -3.68. The number of benzene rings is 1. The molecule has 0 saturated heterocycles. The van der Waals surface area contributed by atoms with Crippen LogP contribution in [-0.2, 0) is 11.8 Å². The van der Waals surface area contributed by atoms with Crippen LogP contribution in [0.25, 0.3) is 11.3 Å². The number of nitrogens with one attached hydrogen (secondary N) is 4. The molecule has 0 unspecified atom stereocenters. The van der Waals surface area contributed by atoms with Gasteiger partial charge in [0.15, 0.2) is 17.3 Å². The van der Waals surface area contributed by atoms with Crippen LogP contribution in [0, 0.1) is 5.92 Å². The zero-order valence-electron chi connectivity index (χ0n) is 24.2. The van der Waals surface area contributed by atoms with E-state index in [1.54, 1.807) is 25.2 Å². The number of hydrogen-bond acceptors (Lipinski definition) is 10. The van der Waals surface area contributed by atoms with Crippen LogP contribution in [0.1, 0.15) is 37.9 Å². The molecule has 206 valence electrons. The first kappa shape index (κ1) is 23.5. The molecule has 0 aliphatic heterocycles. The second kappa shape index (κ2) is 11.9. The zero-order chi connectivity index (χ0) is 30.6. The highest BCUT2D eigenvalue weighted by molar-refractivity contribution is 6.00. The first-order valence-electron chi connectivity index (χ1n) is 13.5. The second-order valence-electron chi connectivity index (χ2n) is 8.79. The molecule has 1 saturated carbocycles. The minimum absolute atomic E-state index is 0.0356. The number of aryl methyl sites for hydroxylation is 1. The summed E-state index contributed by atoms with van der Waals surface area (Å²) >= 11 is 0. The Morgan fingerprint density at radius 1 is 1.15 bits per heavy atom. The van der Waals surface area contributed by atoms with Gasteiger partial charge in [-0.25, -0.2) is 0 Å². The fourth-order valence-corrected chi connectivity index (χ4v) is 3.77. The van der Waals surface area contributed by atoms with E-state index in [4.69, 9.17) is 8.85 Å². The average molecular weight is 542 g/mol. The van der Waals surface area contributed by atoms with Crippen molar-refractivity contribution in [3.8, 4) is 17.0 Å². The molecule has 4 rings (SSSR count). The van der Waals surface area contributed by atoms with Crippen LogP contribution in [0.2, 0.25) is 0 Å². The molecule has 2 aromatic heterocycles. The van der Waals surface area contributed by atoms with Crippen molar-refractivity contribution in [3.63, 3.8) is 0 Å². The number of methoxy groups -OCH3 is 1. The molecule has 14 heteroatoms. The van der Waals surface area contributed by atoms with Gasteiger partial charge in [-0.1, -0.05) is 6.07 Å². The molecule has 3 amide bonds. The molecular formula is C25H30N8O6. The van der Waals surface area contributed by atoms with Gasteiger partial charge in [-0.05, 0) is 31.0 Å². The predicted molar refractivity (Wildman–Crippen MR) is 141 cm³/mol. The van der Waals surface area contributed by atoms with Crippen LogP contribution in [0.3, 0.4) is 0 Å². The van der Waals surface area contributed by atoms with Crippen molar-refractivity contribution in [2.45, 2.75) is 18.9 Å². The number of amides is 3. The number of aromatic nitrogens is 4. The topological polar surface area (TPSA) is 193 Å². The van der Waals surface area contributed by atoms with Gasteiger partial charge < -0.3 is 36.2 Å². The maximum absolute atomic E-state index is 12.8. The lowest BCUT2D eigenvalue weighted by molar-refractivity contribution is -0.117. The van der Waals surface area contributed by atoms with Gasteiger partial charge in [-0.2, -0.15) is 5.10 Å². The summed E-state index contributed by atoms with van der Waals surface area (Å²) in [5.74, 6) is -1.64. The zero-order valence-corrected chi connectivity index (χ0v) is 21.2. The van der Waals surface area contributed by atoms with Crippen LogP contribution < -0.4 is 26.0 Å². The van der Waals surface area contributed by atoms with Crippen molar-refractivity contribution in [1.29, 1.82) is 0 Å². The van der Waals surface area contributed by atoms with E-state index in [9.17, 15) is 24.6 Å². The average Bonchev–Trinajstić information content (AvgIpc) is 3.72. The predicted octanol–water partition coefficient (Wildman–Crippen LogP) is 0.420. The lowest BCUT2D eigenvalue weighted by Gasteiger charge is -2.16. The number of hydrogen-bond donors (Lipinski definition) is 6. The number of ether oxygens (including phenoxy) is 1. The molecule has 2 heterocycles. The summed E-state index contributed by atoms with van der Waals surface area (Å²) in [4.78, 5) is 37.8. The van der Waals surface area contributed by atoms with Crippen LogP contribution in [0.15, 0.2) is 30.3 Å². The Bertz CT molecular complexity index is 1490. The van der Waals surface area contributed by atoms with E-state index in [2.05, 4.69) is 31.2 Å². The van der Waals surface area contributed by atoms with Crippen LogP contribution in [-0.4, -0.2) is 81.3 Å². The van der Waals surface area contributed by atoms with Crippen molar-refractivity contribution >= 4 is 34.9 Å². The Morgan fingerprint density at radius 3 is 2.59 bits per heavy atom. The molecule has 39 heavy (non-hydrogen) atoms. The molecule has 1 aliphatic carbocycles. The summed E-state index contributed by atoms with van der Waals surface area (Å²) in [5.41, 5.74) is 0.961. The van der Waals surface area contributed by atoms with E-state index in [0.717, 1.165) is 12.8 Å². The Balaban J connectivity index is 1.70. The number of rotatable bonds is 11. The Kier molecular flexibility index (Phi) is 7.17. The Hall–Kier alpha value is -4.56. The smallest absolute Gasteiger partial charge is 0.273 e. The van der Waals surface area contributed by atoms with Crippen LogP contribution >= 0.6 is 0 Å². The quantitative estimate of drug-likeness (QED) is 0.198. The largest absolute Gasteiger partial charge is 0.494 e. The molecule has 1 fully saturated rings. The maximum Gasteiger partial charge on any atom is 0.273 e. The van der Waals surface area contributed by atoms with Crippen molar-refractivity contribution < 1.29 is 33.4 Å². The fraction of sp³-hybridized carbons (Fsp3) is 0.360. The highest BCUT2D eigenvalue weighted by Gasteiger charge is 2.30. The third-order valence-electron chi connectivity index (χ3n) is 5.97. The molecule has 0 bridgehead atoms. The second-order valence-corrected chi connectivity index (χ2v) is 8.79. The third kappa shape index (κ3) is 6.13. The first-order chi connectivity index (χ1) is 19.9. The van der Waals surface area contributed by atoms with Gasteiger partial charge in [-0.15, -0.1) is 10.2 Å². The van der Waals surface area contributed by atoms with E-state index in [0.29, 0.717) is 16.9 Å². The summed E-state index contributed by atoms with van der Waals surface area (Å²) in [6.07, 6.45) is 1.52. The number of aliphatic hydroxyl groups is 2. The van der Waals surface area contributed by atoms with Crippen molar-refractivity contribution in [2.75, 3.05) is 37.9 Å². The minimum Gasteiger partial charge on any atom is -0.494 e. The SMILES string of the molecule is [2H]C([2H])([2H])NC(=O)c1nnc(NC(=O)C2CC2)cc1Nc1cccc(-c2cc(C(=O)NC(CO)CO)n(C)n2)c1OC. The van der Waals surface area contributed by atoms with Crippen molar-refractivity contribution in [3.05, 3.63) is 41.7 Å². The highest BCUT2D eigenvalue weighted by atomic mass is 16.5. The molecule has 0 radical (unpaired) electrons. The number of anilines is 3. The summed E-state index contributed by atoms with van der Waals surface area (Å²) in [6, 6.07) is 6.98. The fourth-order valence-electron chi connectivity index (χ4n) is 3.77. The third-order valence-corrected chi connectivity index (χ3v) is 5.97. The van der Waals surface area contributed by atoms with Crippen molar-refractivity contribution in [2.24, 2.45) is 13.0 Å². The Labute approximate surface area is 228 Å². The van der Waals surface area contributed by atoms with Crippen LogP contribution in [0.4, 0.5) is 17.2 Å². The molecule has 1 aliphatic rings. The van der Waals surface area contributed by atoms with Gasteiger partial charge in [0, 0.05) is 35.7 Å². The van der Waals surface area contributed by atoms with E-state index in [-0.39, 0.29) is 40.5 Å². The van der Waals surface area contributed by atoms with Gasteiger partial charge in [0.05, 0.1) is 43.4 Å².